The Morgan fingerprint density at radius 3 is 1.79 bits per heavy atom. The second-order valence-electron chi connectivity index (χ2n) is 13.0. The maximum absolute atomic E-state index is 5.30. The van der Waals surface area contributed by atoms with Crippen molar-refractivity contribution in [2.75, 3.05) is 4.90 Å². The van der Waals surface area contributed by atoms with Crippen LogP contribution in [0.5, 0.6) is 0 Å². The first-order valence-corrected chi connectivity index (χ1v) is 19.0. The topological polar surface area (TPSA) is 34.0 Å². The molecule has 11 rings (SSSR count). The number of anilines is 3. The van der Waals surface area contributed by atoms with E-state index >= 15 is 0 Å². The molecule has 0 unspecified atom stereocenters. The lowest BCUT2D eigenvalue weighted by Crippen LogP contribution is -2.14. The van der Waals surface area contributed by atoms with Crippen LogP contribution >= 0.6 is 23.1 Å². The van der Waals surface area contributed by atoms with Crippen molar-refractivity contribution in [2.45, 2.75) is 9.79 Å². The van der Waals surface area contributed by atoms with E-state index in [0.29, 0.717) is 0 Å². The molecule has 0 bridgehead atoms. The van der Waals surface area contributed by atoms with Crippen LogP contribution in [0.1, 0.15) is 0 Å². The number of thiophene rings is 1. The van der Waals surface area contributed by atoms with Gasteiger partial charge in [0, 0.05) is 43.1 Å². The van der Waals surface area contributed by atoms with Crippen molar-refractivity contribution in [3.05, 3.63) is 170 Å². The molecule has 244 valence electrons. The SMILES string of the molecule is c1ccc(N2c3ccccc3Sc3cc(-c4ccc5sc6ccc(-c7ccc8c9ccccc9n(-c9ccccc9)c8c7)nc6c5n4)ccc32)cc1. The standard InChI is InChI=1S/C46H28N4S2/c1-3-11-31(12-4-1)49-37-16-8-7-15-33(37)34-21-19-29(27-40(34)49)35-22-25-42-45(47-35)46-43(52-42)26-23-36(48-46)30-20-24-39-44(28-30)51-41-18-10-9-17-38(41)50(39)32-13-5-2-6-14-32/h1-28H. The molecule has 0 radical (unpaired) electrons. The number of nitrogens with zero attached hydrogens (tertiary/aromatic N) is 4. The van der Waals surface area contributed by atoms with Crippen molar-refractivity contribution >= 4 is 82.4 Å². The number of fused-ring (bicyclic) bond motifs is 8. The number of benzene rings is 6. The molecule has 0 amide bonds. The third-order valence-electron chi connectivity index (χ3n) is 9.98. The first-order valence-electron chi connectivity index (χ1n) is 17.3. The molecule has 0 spiro atoms. The van der Waals surface area contributed by atoms with Crippen molar-refractivity contribution < 1.29 is 0 Å². The minimum atomic E-state index is 0.941. The fourth-order valence-corrected chi connectivity index (χ4v) is 9.68. The van der Waals surface area contributed by atoms with E-state index in [2.05, 4.69) is 179 Å². The largest absolute Gasteiger partial charge is 0.309 e. The lowest BCUT2D eigenvalue weighted by Gasteiger charge is -2.33. The summed E-state index contributed by atoms with van der Waals surface area (Å²) >= 11 is 3.56. The molecule has 4 aromatic heterocycles. The van der Waals surface area contributed by atoms with Crippen LogP contribution in [0, 0.1) is 0 Å². The number of aromatic nitrogens is 3. The molecular weight excluding hydrogens is 673 g/mol. The Morgan fingerprint density at radius 1 is 0.423 bits per heavy atom. The van der Waals surface area contributed by atoms with Gasteiger partial charge in [0.1, 0.15) is 11.0 Å². The van der Waals surface area contributed by atoms with E-state index in [1.54, 1.807) is 11.3 Å². The molecular formula is C46H28N4S2. The van der Waals surface area contributed by atoms with Gasteiger partial charge in [-0.05, 0) is 84.9 Å². The summed E-state index contributed by atoms with van der Waals surface area (Å²) in [4.78, 5) is 15.4. The van der Waals surface area contributed by atoms with Crippen LogP contribution in [0.3, 0.4) is 0 Å². The van der Waals surface area contributed by atoms with Gasteiger partial charge in [0.15, 0.2) is 0 Å². The van der Waals surface area contributed by atoms with E-state index in [0.717, 1.165) is 54.3 Å². The zero-order valence-electron chi connectivity index (χ0n) is 27.8. The fraction of sp³-hybridized carbons (Fsp3) is 0. The van der Waals surface area contributed by atoms with Gasteiger partial charge in [0.2, 0.25) is 0 Å². The Bertz CT molecular complexity index is 3000. The smallest absolute Gasteiger partial charge is 0.108 e. The highest BCUT2D eigenvalue weighted by molar-refractivity contribution is 7.99. The molecule has 5 heterocycles. The van der Waals surface area contributed by atoms with Gasteiger partial charge in [-0.15, -0.1) is 11.3 Å². The van der Waals surface area contributed by atoms with Crippen LogP contribution in [0.4, 0.5) is 17.1 Å². The Hall–Kier alpha value is -6.21. The molecule has 0 fully saturated rings. The van der Waals surface area contributed by atoms with Crippen LogP contribution in [0.2, 0.25) is 0 Å². The molecule has 6 aromatic carbocycles. The maximum atomic E-state index is 5.30. The second-order valence-corrected chi connectivity index (χ2v) is 15.2. The zero-order valence-corrected chi connectivity index (χ0v) is 29.4. The minimum Gasteiger partial charge on any atom is -0.309 e. The maximum Gasteiger partial charge on any atom is 0.108 e. The molecule has 1 aliphatic heterocycles. The van der Waals surface area contributed by atoms with E-state index in [1.165, 1.54) is 43.0 Å². The number of hydrogen-bond acceptors (Lipinski definition) is 5. The predicted molar refractivity (Wildman–Crippen MR) is 219 cm³/mol. The van der Waals surface area contributed by atoms with Crippen molar-refractivity contribution in [3.8, 4) is 28.2 Å². The quantitative estimate of drug-likeness (QED) is 0.183. The van der Waals surface area contributed by atoms with Gasteiger partial charge < -0.3 is 9.47 Å². The van der Waals surface area contributed by atoms with Crippen molar-refractivity contribution in [2.24, 2.45) is 0 Å². The van der Waals surface area contributed by atoms with Gasteiger partial charge in [-0.25, -0.2) is 9.97 Å². The van der Waals surface area contributed by atoms with Crippen LogP contribution in [-0.2, 0) is 0 Å². The monoisotopic (exact) mass is 700 g/mol. The molecule has 0 saturated heterocycles. The Kier molecular flexibility index (Phi) is 6.62. The third-order valence-corrected chi connectivity index (χ3v) is 12.2. The molecule has 0 atom stereocenters. The fourth-order valence-electron chi connectivity index (χ4n) is 7.59. The van der Waals surface area contributed by atoms with E-state index in [9.17, 15) is 0 Å². The average molecular weight is 701 g/mol. The van der Waals surface area contributed by atoms with Gasteiger partial charge in [-0.1, -0.05) is 96.7 Å². The van der Waals surface area contributed by atoms with Crippen LogP contribution in [0.15, 0.2) is 180 Å². The first-order chi connectivity index (χ1) is 25.8. The highest BCUT2D eigenvalue weighted by Crippen LogP contribution is 2.52. The van der Waals surface area contributed by atoms with E-state index in [-0.39, 0.29) is 0 Å². The highest BCUT2D eigenvalue weighted by Gasteiger charge is 2.25. The summed E-state index contributed by atoms with van der Waals surface area (Å²) in [5.74, 6) is 0. The summed E-state index contributed by atoms with van der Waals surface area (Å²) in [6, 6.07) is 60.6. The summed E-state index contributed by atoms with van der Waals surface area (Å²) in [6.45, 7) is 0. The molecule has 0 aliphatic carbocycles. The average Bonchev–Trinajstić information content (AvgIpc) is 3.75. The van der Waals surface area contributed by atoms with Crippen molar-refractivity contribution in [1.82, 2.24) is 14.5 Å². The molecule has 10 aromatic rings. The van der Waals surface area contributed by atoms with Gasteiger partial charge in [-0.3, -0.25) is 0 Å². The van der Waals surface area contributed by atoms with E-state index in [1.807, 2.05) is 11.8 Å². The van der Waals surface area contributed by atoms with Gasteiger partial charge in [-0.2, -0.15) is 0 Å². The highest BCUT2D eigenvalue weighted by atomic mass is 32.2. The normalized spacial score (nSPS) is 12.5. The number of para-hydroxylation sites is 4. The number of hydrogen-bond donors (Lipinski definition) is 0. The molecule has 0 N–H and O–H groups in total. The summed E-state index contributed by atoms with van der Waals surface area (Å²) in [5, 5.41) is 2.48. The lowest BCUT2D eigenvalue weighted by molar-refractivity contribution is 1.16. The number of rotatable bonds is 4. The minimum absolute atomic E-state index is 0.941. The van der Waals surface area contributed by atoms with Crippen LogP contribution in [0.25, 0.3) is 70.4 Å². The lowest BCUT2D eigenvalue weighted by atomic mass is 10.1. The second kappa shape index (κ2) is 11.7. The molecule has 1 aliphatic rings. The summed E-state index contributed by atoms with van der Waals surface area (Å²) in [7, 11) is 0. The van der Waals surface area contributed by atoms with Gasteiger partial charge >= 0.3 is 0 Å². The molecule has 6 heteroatoms. The summed E-state index contributed by atoms with van der Waals surface area (Å²) < 4.78 is 4.63. The Balaban J connectivity index is 1.02. The summed E-state index contributed by atoms with van der Waals surface area (Å²) in [6.07, 6.45) is 0. The Morgan fingerprint density at radius 2 is 1.02 bits per heavy atom. The molecule has 0 saturated carbocycles. The predicted octanol–water partition coefficient (Wildman–Crippen LogP) is 13.2. The van der Waals surface area contributed by atoms with Gasteiger partial charge in [0.25, 0.3) is 0 Å². The van der Waals surface area contributed by atoms with E-state index < -0.39 is 0 Å². The van der Waals surface area contributed by atoms with Crippen LogP contribution in [-0.4, -0.2) is 14.5 Å². The van der Waals surface area contributed by atoms with Crippen molar-refractivity contribution in [3.63, 3.8) is 0 Å². The van der Waals surface area contributed by atoms with Gasteiger partial charge in [0.05, 0.1) is 43.2 Å². The number of pyridine rings is 2. The van der Waals surface area contributed by atoms with Crippen LogP contribution < -0.4 is 4.90 Å². The first kappa shape index (κ1) is 29.5. The Labute approximate surface area is 308 Å². The molecule has 52 heavy (non-hydrogen) atoms. The zero-order chi connectivity index (χ0) is 34.2. The summed E-state index contributed by atoms with van der Waals surface area (Å²) in [5.41, 5.74) is 13.0. The van der Waals surface area contributed by atoms with Crippen molar-refractivity contribution in [1.29, 1.82) is 0 Å². The third kappa shape index (κ3) is 4.62. The molecule has 4 nitrogen and oxygen atoms in total. The van der Waals surface area contributed by atoms with E-state index in [4.69, 9.17) is 9.97 Å².